The largest absolute Gasteiger partial charge is 0.360 e. The molecule has 36 heavy (non-hydrogen) atoms. The van der Waals surface area contributed by atoms with E-state index in [0.29, 0.717) is 35.0 Å². The summed E-state index contributed by atoms with van der Waals surface area (Å²) in [5.74, 6) is -0.299. The number of nitriles is 1. The van der Waals surface area contributed by atoms with Gasteiger partial charge in [0.05, 0.1) is 17.0 Å². The van der Waals surface area contributed by atoms with Crippen molar-refractivity contribution in [2.45, 2.75) is 6.92 Å². The number of nitrogens with zero attached hydrogens (tertiary/aromatic N) is 5. The van der Waals surface area contributed by atoms with E-state index in [1.165, 1.54) is 4.90 Å². The lowest BCUT2D eigenvalue weighted by Crippen LogP contribution is -2.30. The molecule has 4 aromatic rings. The van der Waals surface area contributed by atoms with Crippen LogP contribution in [0.2, 0.25) is 0 Å². The van der Waals surface area contributed by atoms with E-state index in [2.05, 4.69) is 21.0 Å². The summed E-state index contributed by atoms with van der Waals surface area (Å²) in [6, 6.07) is 16.4. The van der Waals surface area contributed by atoms with E-state index in [1.54, 1.807) is 54.7 Å². The molecule has 0 bridgehead atoms. The van der Waals surface area contributed by atoms with Crippen LogP contribution in [0.5, 0.6) is 0 Å². The minimum absolute atomic E-state index is 0.0347. The molecular weight excluding hydrogens is 480 g/mol. The minimum atomic E-state index is -4.09. The van der Waals surface area contributed by atoms with Crippen LogP contribution in [0.1, 0.15) is 22.8 Å². The van der Waals surface area contributed by atoms with Crippen molar-refractivity contribution in [2.24, 2.45) is 0 Å². The predicted octanol–water partition coefficient (Wildman–Crippen LogP) is 3.49. The number of carbonyl (C=O) groups is 1. The van der Waals surface area contributed by atoms with Crippen molar-refractivity contribution >= 4 is 38.6 Å². The Kier molecular flexibility index (Phi) is 7.00. The van der Waals surface area contributed by atoms with Crippen LogP contribution in [-0.4, -0.2) is 59.7 Å². The summed E-state index contributed by atoms with van der Waals surface area (Å²) in [7, 11) is -2.46. The second-order valence-electron chi connectivity index (χ2n) is 8.12. The standard InChI is InChI=1S/C25H24N6O4S/c1-3-31(20-8-9-23-21(14-20)19(15-26)16-28-23)24(32)18-6-4-17(5-7-18)22-10-11-27-25(29-22)30(2)12-13-36(33,34)35/h4-11,14,16,28H,3,12-13H2,1-2H3,(H,33,34,35). The van der Waals surface area contributed by atoms with Crippen molar-refractivity contribution in [1.29, 1.82) is 5.26 Å². The molecule has 0 atom stereocenters. The van der Waals surface area contributed by atoms with Gasteiger partial charge in [-0.3, -0.25) is 9.35 Å². The number of fused-ring (bicyclic) bond motifs is 1. The van der Waals surface area contributed by atoms with Crippen LogP contribution >= 0.6 is 0 Å². The number of anilines is 2. The molecule has 4 rings (SSSR count). The van der Waals surface area contributed by atoms with E-state index >= 15 is 0 Å². The van der Waals surface area contributed by atoms with E-state index in [1.807, 2.05) is 25.1 Å². The SMILES string of the molecule is CCN(C(=O)c1ccc(-c2ccnc(N(C)CCS(=O)(=O)O)n2)cc1)c1ccc2[nH]cc(C#N)c2c1. The minimum Gasteiger partial charge on any atom is -0.360 e. The van der Waals surface area contributed by atoms with Crippen LogP contribution in [0.3, 0.4) is 0 Å². The van der Waals surface area contributed by atoms with Gasteiger partial charge in [0.15, 0.2) is 0 Å². The predicted molar refractivity (Wildman–Crippen MR) is 138 cm³/mol. The molecule has 0 unspecified atom stereocenters. The molecule has 0 saturated heterocycles. The number of hydrogen-bond donors (Lipinski definition) is 2. The second-order valence-corrected chi connectivity index (χ2v) is 9.69. The number of nitrogens with one attached hydrogen (secondary N) is 1. The molecule has 0 aliphatic heterocycles. The van der Waals surface area contributed by atoms with Crippen LogP contribution in [0, 0.1) is 11.3 Å². The number of aromatic nitrogens is 3. The highest BCUT2D eigenvalue weighted by molar-refractivity contribution is 7.85. The zero-order valence-corrected chi connectivity index (χ0v) is 20.5. The molecule has 2 aromatic carbocycles. The Morgan fingerprint density at radius 1 is 1.17 bits per heavy atom. The fraction of sp³-hybridized carbons (Fsp3) is 0.200. The number of hydrogen-bond acceptors (Lipinski definition) is 7. The molecule has 0 spiro atoms. The zero-order chi connectivity index (χ0) is 25.9. The fourth-order valence-electron chi connectivity index (χ4n) is 3.80. The van der Waals surface area contributed by atoms with E-state index in [4.69, 9.17) is 4.55 Å². The molecule has 0 fully saturated rings. The summed E-state index contributed by atoms with van der Waals surface area (Å²) >= 11 is 0. The summed E-state index contributed by atoms with van der Waals surface area (Å²) in [4.78, 5) is 28.2. The highest BCUT2D eigenvalue weighted by Gasteiger charge is 2.18. The summed E-state index contributed by atoms with van der Waals surface area (Å²) in [5, 5.41) is 10.1. The molecule has 2 N–H and O–H groups in total. The highest BCUT2D eigenvalue weighted by atomic mass is 32.2. The van der Waals surface area contributed by atoms with E-state index in [-0.39, 0.29) is 12.5 Å². The Morgan fingerprint density at radius 3 is 2.58 bits per heavy atom. The third-order valence-electron chi connectivity index (χ3n) is 5.76. The smallest absolute Gasteiger partial charge is 0.266 e. The summed E-state index contributed by atoms with van der Waals surface area (Å²) in [5.41, 5.74) is 3.91. The molecule has 10 nitrogen and oxygen atoms in total. The van der Waals surface area contributed by atoms with Gasteiger partial charge in [0.1, 0.15) is 6.07 Å². The maximum Gasteiger partial charge on any atom is 0.266 e. The van der Waals surface area contributed by atoms with Crippen molar-refractivity contribution in [1.82, 2.24) is 15.0 Å². The van der Waals surface area contributed by atoms with Gasteiger partial charge in [-0.05, 0) is 43.3 Å². The van der Waals surface area contributed by atoms with Crippen molar-refractivity contribution in [3.63, 3.8) is 0 Å². The maximum atomic E-state index is 13.3. The molecule has 0 saturated carbocycles. The molecule has 1 amide bonds. The normalized spacial score (nSPS) is 11.3. The lowest BCUT2D eigenvalue weighted by molar-refractivity contribution is 0.0988. The summed E-state index contributed by atoms with van der Waals surface area (Å²) in [6.45, 7) is 2.37. The zero-order valence-electron chi connectivity index (χ0n) is 19.7. The molecule has 184 valence electrons. The average Bonchev–Trinajstić information content (AvgIpc) is 3.30. The van der Waals surface area contributed by atoms with Crippen LogP contribution in [0.25, 0.3) is 22.2 Å². The molecule has 2 aromatic heterocycles. The maximum absolute atomic E-state index is 13.3. The van der Waals surface area contributed by atoms with E-state index < -0.39 is 15.9 Å². The van der Waals surface area contributed by atoms with Crippen LogP contribution in [-0.2, 0) is 10.1 Å². The monoisotopic (exact) mass is 504 g/mol. The number of rotatable bonds is 8. The van der Waals surface area contributed by atoms with Crippen molar-refractivity contribution in [3.05, 3.63) is 72.1 Å². The van der Waals surface area contributed by atoms with Gasteiger partial charge in [0.25, 0.3) is 16.0 Å². The molecule has 11 heteroatoms. The second kappa shape index (κ2) is 10.2. The van der Waals surface area contributed by atoms with Crippen molar-refractivity contribution < 1.29 is 17.8 Å². The first-order valence-electron chi connectivity index (χ1n) is 11.1. The number of aromatic amines is 1. The Morgan fingerprint density at radius 2 is 1.92 bits per heavy atom. The van der Waals surface area contributed by atoms with Crippen molar-refractivity contribution in [3.8, 4) is 17.3 Å². The average molecular weight is 505 g/mol. The van der Waals surface area contributed by atoms with Crippen LogP contribution < -0.4 is 9.80 Å². The summed E-state index contributed by atoms with van der Waals surface area (Å²) in [6.07, 6.45) is 3.21. The van der Waals surface area contributed by atoms with Gasteiger partial charge < -0.3 is 14.8 Å². The van der Waals surface area contributed by atoms with Gasteiger partial charge >= 0.3 is 0 Å². The fourth-order valence-corrected chi connectivity index (χ4v) is 4.30. The van der Waals surface area contributed by atoms with Gasteiger partial charge in [0, 0.05) is 60.2 Å². The Hall–Kier alpha value is -4.27. The van der Waals surface area contributed by atoms with Crippen LogP contribution in [0.15, 0.2) is 60.9 Å². The Bertz CT molecular complexity index is 1560. The van der Waals surface area contributed by atoms with E-state index in [9.17, 15) is 18.5 Å². The lowest BCUT2D eigenvalue weighted by Gasteiger charge is -2.21. The topological polar surface area (TPSA) is 143 Å². The Labute approximate surface area is 208 Å². The number of amides is 1. The van der Waals surface area contributed by atoms with E-state index in [0.717, 1.165) is 16.5 Å². The first kappa shape index (κ1) is 24.8. The number of benzene rings is 2. The molecular formula is C25H24N6O4S. The molecule has 0 aliphatic rings. The molecule has 0 radical (unpaired) electrons. The van der Waals surface area contributed by atoms with Crippen molar-refractivity contribution in [2.75, 3.05) is 35.7 Å². The third kappa shape index (κ3) is 5.35. The Balaban J connectivity index is 1.55. The van der Waals surface area contributed by atoms with Gasteiger partial charge in [0.2, 0.25) is 5.95 Å². The van der Waals surface area contributed by atoms with Gasteiger partial charge in [-0.15, -0.1) is 0 Å². The first-order valence-corrected chi connectivity index (χ1v) is 12.7. The van der Waals surface area contributed by atoms with Gasteiger partial charge in [-0.2, -0.15) is 13.7 Å². The highest BCUT2D eigenvalue weighted by Crippen LogP contribution is 2.26. The van der Waals surface area contributed by atoms with Gasteiger partial charge in [-0.25, -0.2) is 9.97 Å². The number of carbonyl (C=O) groups excluding carboxylic acids is 1. The van der Waals surface area contributed by atoms with Gasteiger partial charge in [-0.1, -0.05) is 12.1 Å². The molecule has 0 aliphatic carbocycles. The number of H-pyrrole nitrogens is 1. The first-order chi connectivity index (χ1) is 17.2. The third-order valence-corrected chi connectivity index (χ3v) is 6.45. The van der Waals surface area contributed by atoms with Crippen LogP contribution in [0.4, 0.5) is 11.6 Å². The summed E-state index contributed by atoms with van der Waals surface area (Å²) < 4.78 is 31.0. The lowest BCUT2D eigenvalue weighted by atomic mass is 10.1. The quantitative estimate of drug-likeness (QED) is 0.347. The molecule has 2 heterocycles.